The zero-order valence-electron chi connectivity index (χ0n) is 11.9. The molecule has 20 heavy (non-hydrogen) atoms. The average Bonchev–Trinajstić information content (AvgIpc) is 2.87. The third-order valence-electron chi connectivity index (χ3n) is 3.97. The van der Waals surface area contributed by atoms with E-state index < -0.39 is 0 Å². The Balaban J connectivity index is 1.70. The first-order valence-corrected chi connectivity index (χ1v) is 7.23. The number of nitrogens with one attached hydrogen (secondary N) is 1. The van der Waals surface area contributed by atoms with Crippen LogP contribution in [0.25, 0.3) is 0 Å². The summed E-state index contributed by atoms with van der Waals surface area (Å²) in [7, 11) is 0. The van der Waals surface area contributed by atoms with Gasteiger partial charge in [0.25, 0.3) is 0 Å². The first-order valence-electron chi connectivity index (χ1n) is 7.23. The Labute approximate surface area is 119 Å². The molecule has 0 radical (unpaired) electrons. The largest absolute Gasteiger partial charge is 0.409 e. The van der Waals surface area contributed by atoms with Crippen molar-refractivity contribution in [2.24, 2.45) is 10.9 Å². The molecule has 7 nitrogen and oxygen atoms in total. The second-order valence-electron chi connectivity index (χ2n) is 5.66. The molecule has 2 unspecified atom stereocenters. The van der Waals surface area contributed by atoms with Gasteiger partial charge in [0.2, 0.25) is 5.91 Å². The number of hydrogen-bond acceptors (Lipinski definition) is 5. The number of likely N-dealkylation sites (tertiary alicyclic amines) is 1. The number of ether oxygens (including phenoxy) is 1. The van der Waals surface area contributed by atoms with Crippen LogP contribution in [0.1, 0.15) is 32.6 Å². The Bertz CT molecular complexity index is 367. The van der Waals surface area contributed by atoms with E-state index in [1.807, 2.05) is 6.92 Å². The lowest BCUT2D eigenvalue weighted by atomic mass is 10.0. The summed E-state index contributed by atoms with van der Waals surface area (Å²) in [6.07, 6.45) is 3.44. The van der Waals surface area contributed by atoms with Gasteiger partial charge in [-0.1, -0.05) is 5.16 Å². The van der Waals surface area contributed by atoms with Crippen LogP contribution in [0, 0.1) is 0 Å². The van der Waals surface area contributed by atoms with Crippen LogP contribution < -0.4 is 11.1 Å². The van der Waals surface area contributed by atoms with E-state index in [1.165, 1.54) is 0 Å². The lowest BCUT2D eigenvalue weighted by Gasteiger charge is -2.32. The van der Waals surface area contributed by atoms with E-state index >= 15 is 0 Å². The van der Waals surface area contributed by atoms with Gasteiger partial charge in [0, 0.05) is 19.1 Å². The normalized spacial score (nSPS) is 29.6. The molecule has 2 aliphatic heterocycles. The number of amidine groups is 1. The Morgan fingerprint density at radius 3 is 2.65 bits per heavy atom. The summed E-state index contributed by atoms with van der Waals surface area (Å²) < 4.78 is 5.57. The van der Waals surface area contributed by atoms with Crippen LogP contribution in [0.4, 0.5) is 0 Å². The number of nitrogens with two attached hydrogens (primary N) is 1. The lowest BCUT2D eigenvalue weighted by Crippen LogP contribution is -2.48. The van der Waals surface area contributed by atoms with Gasteiger partial charge in [-0.3, -0.25) is 9.69 Å². The molecule has 0 spiro atoms. The van der Waals surface area contributed by atoms with Gasteiger partial charge in [-0.2, -0.15) is 0 Å². The van der Waals surface area contributed by atoms with Crippen molar-refractivity contribution in [2.45, 2.75) is 50.9 Å². The molecule has 2 rings (SSSR count). The van der Waals surface area contributed by atoms with Gasteiger partial charge in [-0.05, 0) is 32.6 Å². The predicted molar refractivity (Wildman–Crippen MR) is 74.6 cm³/mol. The summed E-state index contributed by atoms with van der Waals surface area (Å²) in [5.74, 6) is 0.241. The molecule has 2 heterocycles. The molecular weight excluding hydrogens is 260 g/mol. The van der Waals surface area contributed by atoms with Crippen LogP contribution in [0.5, 0.6) is 0 Å². The molecule has 2 aliphatic rings. The molecule has 7 heteroatoms. The maximum absolute atomic E-state index is 12.0. The monoisotopic (exact) mass is 284 g/mol. The fourth-order valence-electron chi connectivity index (χ4n) is 2.79. The maximum atomic E-state index is 12.0. The number of carbonyl (C=O) groups excluding carboxylic acids is 1. The molecule has 0 saturated carbocycles. The zero-order chi connectivity index (χ0) is 14.5. The Kier molecular flexibility index (Phi) is 5.19. The fraction of sp³-hybridized carbons (Fsp3) is 0.846. The standard InChI is InChI=1S/C13H24N4O3/c1-9-2-3-11(20-9)13(18)15-10-4-6-17(7-5-10)8-12(14)16-19/h9-11,19H,2-8H2,1H3,(H2,14,16)(H,15,18). The van der Waals surface area contributed by atoms with Crippen LogP contribution in [0.3, 0.4) is 0 Å². The van der Waals surface area contributed by atoms with Crippen LogP contribution in [0.15, 0.2) is 5.16 Å². The van der Waals surface area contributed by atoms with Gasteiger partial charge in [0.1, 0.15) is 6.10 Å². The van der Waals surface area contributed by atoms with Gasteiger partial charge in [-0.25, -0.2) is 0 Å². The van der Waals surface area contributed by atoms with Crippen molar-refractivity contribution in [3.63, 3.8) is 0 Å². The summed E-state index contributed by atoms with van der Waals surface area (Å²) in [6.45, 7) is 4.14. The van der Waals surface area contributed by atoms with Gasteiger partial charge >= 0.3 is 0 Å². The minimum absolute atomic E-state index is 0.0178. The fourth-order valence-corrected chi connectivity index (χ4v) is 2.79. The second-order valence-corrected chi connectivity index (χ2v) is 5.66. The van der Waals surface area contributed by atoms with Crippen molar-refractivity contribution >= 4 is 11.7 Å². The van der Waals surface area contributed by atoms with Gasteiger partial charge < -0.3 is 21.0 Å². The van der Waals surface area contributed by atoms with Crippen molar-refractivity contribution in [3.8, 4) is 0 Å². The molecule has 0 aliphatic carbocycles. The van der Waals surface area contributed by atoms with Crippen molar-refractivity contribution in [1.82, 2.24) is 10.2 Å². The molecule has 2 saturated heterocycles. The van der Waals surface area contributed by atoms with Crippen molar-refractivity contribution < 1.29 is 14.7 Å². The predicted octanol–water partition coefficient (Wildman–Crippen LogP) is -0.119. The van der Waals surface area contributed by atoms with E-state index in [1.54, 1.807) is 0 Å². The van der Waals surface area contributed by atoms with Crippen molar-refractivity contribution in [1.29, 1.82) is 0 Å². The van der Waals surface area contributed by atoms with E-state index in [2.05, 4.69) is 15.4 Å². The number of hydrogen-bond donors (Lipinski definition) is 3. The molecule has 1 amide bonds. The number of oxime groups is 1. The molecule has 2 atom stereocenters. The van der Waals surface area contributed by atoms with Gasteiger partial charge in [-0.15, -0.1) is 0 Å². The smallest absolute Gasteiger partial charge is 0.249 e. The van der Waals surface area contributed by atoms with E-state index in [0.717, 1.165) is 38.8 Å². The summed E-state index contributed by atoms with van der Waals surface area (Å²) in [5.41, 5.74) is 5.49. The average molecular weight is 284 g/mol. The Hall–Kier alpha value is -1.34. The highest BCUT2D eigenvalue weighted by Gasteiger charge is 2.30. The highest BCUT2D eigenvalue weighted by molar-refractivity contribution is 5.82. The first kappa shape index (κ1) is 15.1. The quantitative estimate of drug-likeness (QED) is 0.289. The molecule has 114 valence electrons. The van der Waals surface area contributed by atoms with Crippen LogP contribution in [-0.4, -0.2) is 59.7 Å². The minimum Gasteiger partial charge on any atom is -0.409 e. The summed E-state index contributed by atoms with van der Waals surface area (Å²) in [5, 5.41) is 14.6. The molecule has 0 aromatic heterocycles. The van der Waals surface area contributed by atoms with E-state index in [9.17, 15) is 4.79 Å². The SMILES string of the molecule is CC1CCC(C(=O)NC2CCN(CC(N)=NO)CC2)O1. The minimum atomic E-state index is -0.278. The second kappa shape index (κ2) is 6.90. The number of carbonyl (C=O) groups is 1. The van der Waals surface area contributed by atoms with Crippen LogP contribution >= 0.6 is 0 Å². The zero-order valence-corrected chi connectivity index (χ0v) is 11.9. The topological polar surface area (TPSA) is 100 Å². The highest BCUT2D eigenvalue weighted by atomic mass is 16.5. The molecular formula is C13H24N4O3. The van der Waals surface area contributed by atoms with E-state index in [-0.39, 0.29) is 30.0 Å². The van der Waals surface area contributed by atoms with Gasteiger partial charge in [0.05, 0.1) is 12.6 Å². The Morgan fingerprint density at radius 1 is 1.40 bits per heavy atom. The molecule has 0 aromatic rings. The molecule has 0 bridgehead atoms. The molecule has 0 aromatic carbocycles. The third-order valence-corrected chi connectivity index (χ3v) is 3.97. The van der Waals surface area contributed by atoms with Crippen LogP contribution in [-0.2, 0) is 9.53 Å². The van der Waals surface area contributed by atoms with E-state index in [0.29, 0.717) is 6.54 Å². The number of amides is 1. The van der Waals surface area contributed by atoms with Crippen molar-refractivity contribution in [3.05, 3.63) is 0 Å². The number of piperidine rings is 1. The third kappa shape index (κ3) is 4.08. The Morgan fingerprint density at radius 2 is 2.10 bits per heavy atom. The molecule has 2 fully saturated rings. The summed E-state index contributed by atoms with van der Waals surface area (Å²) >= 11 is 0. The van der Waals surface area contributed by atoms with Gasteiger partial charge in [0.15, 0.2) is 5.84 Å². The molecule has 4 N–H and O–H groups in total. The summed E-state index contributed by atoms with van der Waals surface area (Å²) in [4.78, 5) is 14.2. The number of rotatable bonds is 4. The summed E-state index contributed by atoms with van der Waals surface area (Å²) in [6, 6.07) is 0.200. The highest BCUT2D eigenvalue weighted by Crippen LogP contribution is 2.20. The maximum Gasteiger partial charge on any atom is 0.249 e. The number of nitrogens with zero attached hydrogens (tertiary/aromatic N) is 2. The van der Waals surface area contributed by atoms with Crippen LogP contribution in [0.2, 0.25) is 0 Å². The van der Waals surface area contributed by atoms with E-state index in [4.69, 9.17) is 15.7 Å². The van der Waals surface area contributed by atoms with Crippen molar-refractivity contribution in [2.75, 3.05) is 19.6 Å². The lowest BCUT2D eigenvalue weighted by molar-refractivity contribution is -0.132. The first-order chi connectivity index (χ1) is 9.58.